The Hall–Kier alpha value is -2.63. The van der Waals surface area contributed by atoms with Gasteiger partial charge in [-0.05, 0) is 38.0 Å². The third kappa shape index (κ3) is 4.07. The molecule has 0 bridgehead atoms. The number of hydrogen-bond acceptors (Lipinski definition) is 4. The molecule has 132 valence electrons. The highest BCUT2D eigenvalue weighted by Gasteiger charge is 2.40. The Bertz CT molecular complexity index is 715. The number of likely N-dealkylation sites (tertiary alicyclic amines) is 1. The lowest BCUT2D eigenvalue weighted by atomic mass is 9.81. The molecule has 6 heteroatoms. The first-order valence-electron chi connectivity index (χ1n) is 8.57. The van der Waals surface area contributed by atoms with Crippen LogP contribution >= 0.6 is 0 Å². The molecule has 6 nitrogen and oxygen atoms in total. The van der Waals surface area contributed by atoms with Crippen LogP contribution in [-0.2, 0) is 16.1 Å². The minimum atomic E-state index is -0.660. The molecule has 1 aromatic heterocycles. The van der Waals surface area contributed by atoms with Crippen molar-refractivity contribution in [1.82, 2.24) is 14.7 Å². The highest BCUT2D eigenvalue weighted by molar-refractivity contribution is 5.94. The van der Waals surface area contributed by atoms with Crippen molar-refractivity contribution < 1.29 is 14.3 Å². The van der Waals surface area contributed by atoms with Gasteiger partial charge in [0.15, 0.2) is 0 Å². The number of esters is 1. The summed E-state index contributed by atoms with van der Waals surface area (Å²) < 4.78 is 7.18. The first kappa shape index (κ1) is 17.2. The average molecular weight is 341 g/mol. The third-order valence-corrected chi connectivity index (χ3v) is 4.61. The molecule has 1 aromatic carbocycles. The molecule has 0 unspecified atom stereocenters. The van der Waals surface area contributed by atoms with E-state index in [1.165, 1.54) is 0 Å². The molecule has 1 aliphatic heterocycles. The number of piperidine rings is 1. The van der Waals surface area contributed by atoms with Crippen molar-refractivity contribution >= 4 is 11.9 Å². The lowest BCUT2D eigenvalue weighted by molar-refractivity contribution is -0.157. The Morgan fingerprint density at radius 2 is 2.04 bits per heavy atom. The molecular weight excluding hydrogens is 318 g/mol. The molecule has 1 saturated heterocycles. The van der Waals surface area contributed by atoms with Gasteiger partial charge in [0.1, 0.15) is 6.61 Å². The van der Waals surface area contributed by atoms with Crippen LogP contribution in [0, 0.1) is 5.41 Å². The first-order valence-corrected chi connectivity index (χ1v) is 8.57. The summed E-state index contributed by atoms with van der Waals surface area (Å²) in [5, 5.41) is 4.08. The molecule has 1 aliphatic rings. The molecule has 1 atom stereocenters. The second kappa shape index (κ2) is 7.51. The molecule has 0 aliphatic carbocycles. The summed E-state index contributed by atoms with van der Waals surface area (Å²) >= 11 is 0. The van der Waals surface area contributed by atoms with Gasteiger partial charge in [-0.15, -0.1) is 0 Å². The van der Waals surface area contributed by atoms with Gasteiger partial charge in [0.2, 0.25) is 0 Å². The SMILES string of the molecule is C[C@]1(C(=O)OCCn2cccn2)CCCN(C(=O)c2ccccc2)C1. The van der Waals surface area contributed by atoms with Gasteiger partial charge < -0.3 is 9.64 Å². The Kier molecular flexibility index (Phi) is 5.16. The number of ether oxygens (including phenoxy) is 1. The largest absolute Gasteiger partial charge is 0.463 e. The lowest BCUT2D eigenvalue weighted by Crippen LogP contribution is -2.49. The predicted molar refractivity (Wildman–Crippen MR) is 92.9 cm³/mol. The maximum Gasteiger partial charge on any atom is 0.313 e. The number of carbonyl (C=O) groups excluding carboxylic acids is 2. The van der Waals surface area contributed by atoms with Crippen LogP contribution in [0.3, 0.4) is 0 Å². The highest BCUT2D eigenvalue weighted by Crippen LogP contribution is 2.31. The third-order valence-electron chi connectivity index (χ3n) is 4.61. The fourth-order valence-electron chi connectivity index (χ4n) is 3.18. The zero-order valence-corrected chi connectivity index (χ0v) is 14.4. The van der Waals surface area contributed by atoms with Gasteiger partial charge >= 0.3 is 5.97 Å². The normalized spacial score (nSPS) is 20.3. The zero-order valence-electron chi connectivity index (χ0n) is 14.4. The van der Waals surface area contributed by atoms with Crippen molar-refractivity contribution in [3.8, 4) is 0 Å². The van der Waals surface area contributed by atoms with Gasteiger partial charge in [0.05, 0.1) is 12.0 Å². The number of hydrogen-bond donors (Lipinski definition) is 0. The van der Waals surface area contributed by atoms with E-state index in [0.29, 0.717) is 25.2 Å². The van der Waals surface area contributed by atoms with E-state index in [1.54, 1.807) is 27.9 Å². The van der Waals surface area contributed by atoms with Crippen LogP contribution in [0.4, 0.5) is 0 Å². The second-order valence-corrected chi connectivity index (χ2v) is 6.66. The van der Waals surface area contributed by atoms with E-state index in [0.717, 1.165) is 12.8 Å². The average Bonchev–Trinajstić information content (AvgIpc) is 3.15. The van der Waals surface area contributed by atoms with Crippen molar-refractivity contribution in [2.45, 2.75) is 26.3 Å². The molecule has 0 saturated carbocycles. The minimum Gasteiger partial charge on any atom is -0.463 e. The van der Waals surface area contributed by atoms with E-state index in [4.69, 9.17) is 4.74 Å². The van der Waals surface area contributed by atoms with Crippen LogP contribution in [-0.4, -0.2) is 46.3 Å². The van der Waals surface area contributed by atoms with E-state index in [9.17, 15) is 9.59 Å². The Balaban J connectivity index is 1.58. The number of nitrogens with zero attached hydrogens (tertiary/aromatic N) is 3. The number of amides is 1. The van der Waals surface area contributed by atoms with E-state index >= 15 is 0 Å². The molecule has 1 fully saturated rings. The Morgan fingerprint density at radius 3 is 2.76 bits per heavy atom. The summed E-state index contributed by atoms with van der Waals surface area (Å²) in [5.41, 5.74) is -0.00825. The molecule has 3 rings (SSSR count). The van der Waals surface area contributed by atoms with E-state index in [2.05, 4.69) is 5.10 Å². The maximum absolute atomic E-state index is 12.6. The van der Waals surface area contributed by atoms with Gasteiger partial charge in [-0.1, -0.05) is 18.2 Å². The first-order chi connectivity index (χ1) is 12.1. The molecule has 0 radical (unpaired) electrons. The van der Waals surface area contributed by atoms with Gasteiger partial charge in [-0.25, -0.2) is 0 Å². The molecular formula is C19H23N3O3. The van der Waals surface area contributed by atoms with Gasteiger partial charge in [-0.2, -0.15) is 5.10 Å². The van der Waals surface area contributed by atoms with Gasteiger partial charge in [-0.3, -0.25) is 14.3 Å². The minimum absolute atomic E-state index is 0.0316. The lowest BCUT2D eigenvalue weighted by Gasteiger charge is -2.38. The molecule has 2 heterocycles. The number of aromatic nitrogens is 2. The predicted octanol–water partition coefficient (Wildman–Crippen LogP) is 2.37. The van der Waals surface area contributed by atoms with Crippen molar-refractivity contribution in [2.24, 2.45) is 5.41 Å². The van der Waals surface area contributed by atoms with E-state index in [-0.39, 0.29) is 18.5 Å². The number of benzene rings is 1. The summed E-state index contributed by atoms with van der Waals surface area (Å²) in [7, 11) is 0. The molecule has 0 spiro atoms. The summed E-state index contributed by atoms with van der Waals surface area (Å²) in [6.45, 7) is 3.75. The van der Waals surface area contributed by atoms with Crippen LogP contribution in [0.5, 0.6) is 0 Å². The number of rotatable bonds is 5. The smallest absolute Gasteiger partial charge is 0.313 e. The monoisotopic (exact) mass is 341 g/mol. The number of carbonyl (C=O) groups is 2. The summed E-state index contributed by atoms with van der Waals surface area (Å²) in [5.74, 6) is -0.277. The second-order valence-electron chi connectivity index (χ2n) is 6.66. The van der Waals surface area contributed by atoms with Crippen molar-refractivity contribution in [2.75, 3.05) is 19.7 Å². The fourth-order valence-corrected chi connectivity index (χ4v) is 3.18. The maximum atomic E-state index is 12.6. The van der Waals surface area contributed by atoms with Crippen molar-refractivity contribution in [1.29, 1.82) is 0 Å². The van der Waals surface area contributed by atoms with Crippen LogP contribution in [0.25, 0.3) is 0 Å². The molecule has 1 amide bonds. The fraction of sp³-hybridized carbons (Fsp3) is 0.421. The van der Waals surface area contributed by atoms with Crippen LogP contribution in [0.2, 0.25) is 0 Å². The molecule has 25 heavy (non-hydrogen) atoms. The van der Waals surface area contributed by atoms with Crippen LogP contribution in [0.15, 0.2) is 48.8 Å². The molecule has 0 N–H and O–H groups in total. The zero-order chi connectivity index (χ0) is 17.7. The van der Waals surface area contributed by atoms with Gasteiger partial charge in [0, 0.05) is 31.0 Å². The summed E-state index contributed by atoms with van der Waals surface area (Å²) in [6, 6.07) is 11.0. The van der Waals surface area contributed by atoms with Crippen molar-refractivity contribution in [3.05, 3.63) is 54.4 Å². The van der Waals surface area contributed by atoms with Crippen molar-refractivity contribution in [3.63, 3.8) is 0 Å². The topological polar surface area (TPSA) is 64.4 Å². The van der Waals surface area contributed by atoms with E-state index < -0.39 is 5.41 Å². The Morgan fingerprint density at radius 1 is 1.24 bits per heavy atom. The van der Waals surface area contributed by atoms with Crippen LogP contribution in [0.1, 0.15) is 30.1 Å². The Labute approximate surface area is 147 Å². The summed E-state index contributed by atoms with van der Waals surface area (Å²) in [4.78, 5) is 27.0. The highest BCUT2D eigenvalue weighted by atomic mass is 16.5. The summed E-state index contributed by atoms with van der Waals surface area (Å²) in [6.07, 6.45) is 5.04. The standard InChI is InChI=1S/C19H23N3O3/c1-19(18(24)25-14-13-22-12-6-10-20-22)9-5-11-21(15-19)17(23)16-7-3-2-4-8-16/h2-4,6-8,10,12H,5,9,11,13-15H2,1H3/t19-/m0/s1. The quantitative estimate of drug-likeness (QED) is 0.783. The van der Waals surface area contributed by atoms with Crippen LogP contribution < -0.4 is 0 Å². The van der Waals surface area contributed by atoms with Gasteiger partial charge in [0.25, 0.3) is 5.91 Å². The van der Waals surface area contributed by atoms with E-state index in [1.807, 2.05) is 37.4 Å². The molecule has 2 aromatic rings.